The Hall–Kier alpha value is -1.95. The molecule has 0 bridgehead atoms. The molecule has 1 N–H and O–H groups in total. The number of carbonyl (C=O) groups is 2. The zero-order valence-corrected chi connectivity index (χ0v) is 14.1. The van der Waals surface area contributed by atoms with Crippen LogP contribution >= 0.6 is 11.3 Å². The number of benzene rings is 1. The summed E-state index contributed by atoms with van der Waals surface area (Å²) in [6.45, 7) is 2.24. The van der Waals surface area contributed by atoms with E-state index < -0.39 is 5.97 Å². The largest absolute Gasteiger partial charge is 0.480 e. The third-order valence-corrected chi connectivity index (χ3v) is 4.64. The van der Waals surface area contributed by atoms with E-state index in [-0.39, 0.29) is 12.5 Å². The van der Waals surface area contributed by atoms with Gasteiger partial charge in [-0.05, 0) is 37.8 Å². The van der Waals surface area contributed by atoms with Gasteiger partial charge in [-0.3, -0.25) is 9.59 Å². The molecule has 0 unspecified atom stereocenters. The summed E-state index contributed by atoms with van der Waals surface area (Å²) in [4.78, 5) is 28.9. The molecule has 1 heterocycles. The normalized spacial score (nSPS) is 10.8. The van der Waals surface area contributed by atoms with Crippen LogP contribution in [0.5, 0.6) is 0 Å². The molecule has 124 valence electrons. The van der Waals surface area contributed by atoms with Gasteiger partial charge in [0, 0.05) is 13.0 Å². The summed E-state index contributed by atoms with van der Waals surface area (Å²) in [5, 5.41) is 9.94. The molecular formula is C17H22N2O3S. The third-order valence-electron chi connectivity index (χ3n) is 3.54. The molecule has 23 heavy (non-hydrogen) atoms. The number of aromatic nitrogens is 1. The van der Waals surface area contributed by atoms with E-state index in [4.69, 9.17) is 5.11 Å². The summed E-state index contributed by atoms with van der Waals surface area (Å²) in [6.07, 6.45) is 3.68. The Morgan fingerprint density at radius 3 is 2.74 bits per heavy atom. The number of thiazole rings is 1. The number of para-hydroxylation sites is 1. The van der Waals surface area contributed by atoms with Crippen LogP contribution in [0.1, 0.15) is 37.6 Å². The van der Waals surface area contributed by atoms with Gasteiger partial charge in [-0.15, -0.1) is 11.3 Å². The van der Waals surface area contributed by atoms with Crippen molar-refractivity contribution in [2.45, 2.75) is 39.0 Å². The Morgan fingerprint density at radius 2 is 2.04 bits per heavy atom. The second-order valence-corrected chi connectivity index (χ2v) is 6.61. The molecule has 0 spiro atoms. The molecule has 0 aliphatic carbocycles. The van der Waals surface area contributed by atoms with E-state index >= 15 is 0 Å². The Balaban J connectivity index is 1.77. The molecule has 2 aromatic rings. The minimum absolute atomic E-state index is 0.0708. The van der Waals surface area contributed by atoms with Crippen molar-refractivity contribution in [3.05, 3.63) is 29.3 Å². The topological polar surface area (TPSA) is 70.5 Å². The minimum Gasteiger partial charge on any atom is -0.480 e. The second-order valence-electron chi connectivity index (χ2n) is 5.49. The standard InChI is InChI=1S/C17H22N2O3S/c1-2-11-19(12-17(21)22)16(20)10-6-5-9-15-18-13-7-3-4-8-14(13)23-15/h3-4,7-8H,2,5-6,9-12H2,1H3,(H,21,22). The summed E-state index contributed by atoms with van der Waals surface area (Å²) in [5.74, 6) is -1.03. The summed E-state index contributed by atoms with van der Waals surface area (Å²) in [5.41, 5.74) is 1.03. The van der Waals surface area contributed by atoms with Crippen molar-refractivity contribution in [2.24, 2.45) is 0 Å². The van der Waals surface area contributed by atoms with Crippen molar-refractivity contribution in [1.82, 2.24) is 9.88 Å². The second kappa shape index (κ2) is 8.62. The van der Waals surface area contributed by atoms with Crippen LogP contribution in [-0.4, -0.2) is 40.0 Å². The molecule has 0 aliphatic heterocycles. The van der Waals surface area contributed by atoms with Crippen molar-refractivity contribution in [1.29, 1.82) is 0 Å². The molecule has 1 aromatic carbocycles. The minimum atomic E-state index is -0.957. The lowest BCUT2D eigenvalue weighted by Crippen LogP contribution is -2.36. The van der Waals surface area contributed by atoms with Gasteiger partial charge in [-0.1, -0.05) is 19.1 Å². The highest BCUT2D eigenvalue weighted by Crippen LogP contribution is 2.22. The lowest BCUT2D eigenvalue weighted by molar-refractivity contribution is -0.144. The zero-order valence-electron chi connectivity index (χ0n) is 13.3. The van der Waals surface area contributed by atoms with Crippen LogP contribution in [0, 0.1) is 0 Å². The number of aryl methyl sites for hydroxylation is 1. The molecule has 0 atom stereocenters. The number of nitrogens with zero attached hydrogens (tertiary/aromatic N) is 2. The smallest absolute Gasteiger partial charge is 0.323 e. The van der Waals surface area contributed by atoms with Gasteiger partial charge in [0.15, 0.2) is 0 Å². The molecule has 0 radical (unpaired) electrons. The Bertz CT molecular complexity index is 636. The number of hydrogen-bond acceptors (Lipinski definition) is 4. The van der Waals surface area contributed by atoms with Crippen molar-refractivity contribution >= 4 is 33.4 Å². The van der Waals surface area contributed by atoms with Gasteiger partial charge < -0.3 is 10.0 Å². The van der Waals surface area contributed by atoms with E-state index in [1.807, 2.05) is 25.1 Å². The van der Waals surface area contributed by atoms with Crippen LogP contribution in [-0.2, 0) is 16.0 Å². The Morgan fingerprint density at radius 1 is 1.26 bits per heavy atom. The lowest BCUT2D eigenvalue weighted by Gasteiger charge is -2.19. The number of carboxylic acid groups (broad SMARTS) is 1. The van der Waals surface area contributed by atoms with Crippen molar-refractivity contribution in [3.8, 4) is 0 Å². The van der Waals surface area contributed by atoms with E-state index in [0.29, 0.717) is 13.0 Å². The van der Waals surface area contributed by atoms with E-state index in [1.165, 1.54) is 9.60 Å². The van der Waals surface area contributed by atoms with Crippen molar-refractivity contribution in [3.63, 3.8) is 0 Å². The predicted octanol–water partition coefficient (Wildman–Crippen LogP) is 3.33. The van der Waals surface area contributed by atoms with E-state index in [9.17, 15) is 9.59 Å². The first-order valence-electron chi connectivity index (χ1n) is 7.94. The quantitative estimate of drug-likeness (QED) is 0.714. The number of rotatable bonds is 9. The van der Waals surface area contributed by atoms with E-state index in [1.54, 1.807) is 11.3 Å². The molecule has 6 heteroatoms. The monoisotopic (exact) mass is 334 g/mol. The average molecular weight is 334 g/mol. The Kier molecular flexibility index (Phi) is 6.52. The first kappa shape index (κ1) is 17.4. The summed E-state index contributed by atoms with van der Waals surface area (Å²) in [6, 6.07) is 8.06. The number of aliphatic carboxylic acids is 1. The van der Waals surface area contributed by atoms with Gasteiger partial charge in [0.2, 0.25) is 5.91 Å². The predicted molar refractivity (Wildman–Crippen MR) is 91.7 cm³/mol. The fourth-order valence-corrected chi connectivity index (χ4v) is 3.47. The van der Waals surface area contributed by atoms with E-state index in [0.717, 1.165) is 36.2 Å². The van der Waals surface area contributed by atoms with Crippen LogP contribution in [0.3, 0.4) is 0 Å². The zero-order chi connectivity index (χ0) is 16.7. The average Bonchev–Trinajstić information content (AvgIpc) is 2.93. The highest BCUT2D eigenvalue weighted by atomic mass is 32.1. The van der Waals surface area contributed by atoms with Crippen LogP contribution in [0.4, 0.5) is 0 Å². The summed E-state index contributed by atoms with van der Waals surface area (Å²) in [7, 11) is 0. The maximum Gasteiger partial charge on any atom is 0.323 e. The molecule has 0 saturated heterocycles. The number of amides is 1. The number of carbonyl (C=O) groups excluding carboxylic acids is 1. The number of hydrogen-bond donors (Lipinski definition) is 1. The summed E-state index contributed by atoms with van der Waals surface area (Å²) < 4.78 is 1.19. The fourth-order valence-electron chi connectivity index (χ4n) is 2.46. The molecule has 2 rings (SSSR count). The molecule has 0 fully saturated rings. The SMILES string of the molecule is CCCN(CC(=O)O)C(=O)CCCCc1nc2ccccc2s1. The van der Waals surface area contributed by atoms with Gasteiger partial charge in [-0.2, -0.15) is 0 Å². The van der Waals surface area contributed by atoms with Crippen LogP contribution in [0.25, 0.3) is 10.2 Å². The third kappa shape index (κ3) is 5.32. The number of unbranched alkanes of at least 4 members (excludes halogenated alkanes) is 1. The van der Waals surface area contributed by atoms with Gasteiger partial charge in [0.1, 0.15) is 6.54 Å². The molecule has 1 amide bonds. The first-order valence-corrected chi connectivity index (χ1v) is 8.75. The molecule has 1 aromatic heterocycles. The maximum absolute atomic E-state index is 12.1. The van der Waals surface area contributed by atoms with E-state index in [2.05, 4.69) is 11.1 Å². The highest BCUT2D eigenvalue weighted by molar-refractivity contribution is 7.18. The number of carboxylic acids is 1. The van der Waals surface area contributed by atoms with Gasteiger partial charge in [0.05, 0.1) is 15.2 Å². The molecule has 0 aliphatic rings. The number of fused-ring (bicyclic) bond motifs is 1. The van der Waals surface area contributed by atoms with Gasteiger partial charge in [0.25, 0.3) is 0 Å². The lowest BCUT2D eigenvalue weighted by atomic mass is 10.2. The molecule has 0 saturated carbocycles. The van der Waals surface area contributed by atoms with Crippen molar-refractivity contribution < 1.29 is 14.7 Å². The summed E-state index contributed by atoms with van der Waals surface area (Å²) >= 11 is 1.69. The van der Waals surface area contributed by atoms with Crippen molar-refractivity contribution in [2.75, 3.05) is 13.1 Å². The van der Waals surface area contributed by atoms with Gasteiger partial charge >= 0.3 is 5.97 Å². The van der Waals surface area contributed by atoms with Crippen LogP contribution < -0.4 is 0 Å². The highest BCUT2D eigenvalue weighted by Gasteiger charge is 2.15. The molecule has 5 nitrogen and oxygen atoms in total. The Labute approximate surface area is 139 Å². The maximum atomic E-state index is 12.1. The first-order chi connectivity index (χ1) is 11.1. The van der Waals surface area contributed by atoms with Gasteiger partial charge in [-0.25, -0.2) is 4.98 Å². The fraction of sp³-hybridized carbons (Fsp3) is 0.471. The van der Waals surface area contributed by atoms with Crippen LogP contribution in [0.15, 0.2) is 24.3 Å². The molecular weight excluding hydrogens is 312 g/mol. The van der Waals surface area contributed by atoms with Crippen LogP contribution in [0.2, 0.25) is 0 Å².